The molecule has 1 aromatic heterocycles. The number of aryl methyl sites for hydroxylation is 1. The largest absolute Gasteiger partial charge is 0.446 e. The van der Waals surface area contributed by atoms with E-state index in [0.29, 0.717) is 10.9 Å². The minimum absolute atomic E-state index is 0.0200. The van der Waals surface area contributed by atoms with Gasteiger partial charge in [-0.1, -0.05) is 12.1 Å². The molecular formula is C13H10FNO3. The van der Waals surface area contributed by atoms with Crippen LogP contribution in [0.25, 0.3) is 11.0 Å². The summed E-state index contributed by atoms with van der Waals surface area (Å²) < 4.78 is 23.5. The fourth-order valence-electron chi connectivity index (χ4n) is 1.64. The van der Waals surface area contributed by atoms with E-state index in [1.165, 1.54) is 19.1 Å². The molecule has 0 aliphatic heterocycles. The van der Waals surface area contributed by atoms with Gasteiger partial charge in [0.05, 0.1) is 0 Å². The summed E-state index contributed by atoms with van der Waals surface area (Å²) in [7, 11) is 0. The van der Waals surface area contributed by atoms with Crippen LogP contribution in [0.2, 0.25) is 0 Å². The first-order valence-electron chi connectivity index (χ1n) is 5.32. The number of benzene rings is 1. The smallest absolute Gasteiger partial charge is 0.375 e. The van der Waals surface area contributed by atoms with Crippen molar-refractivity contribution in [3.8, 4) is 6.07 Å². The summed E-state index contributed by atoms with van der Waals surface area (Å²) in [6, 6.07) is 6.21. The Morgan fingerprint density at radius 1 is 1.56 bits per heavy atom. The third-order valence-electron chi connectivity index (χ3n) is 2.57. The average molecular weight is 247 g/mol. The molecular weight excluding hydrogens is 237 g/mol. The number of furan rings is 1. The molecule has 0 N–H and O–H groups in total. The molecule has 1 atom stereocenters. The van der Waals surface area contributed by atoms with E-state index in [9.17, 15) is 9.18 Å². The molecule has 0 amide bonds. The Morgan fingerprint density at radius 2 is 2.28 bits per heavy atom. The van der Waals surface area contributed by atoms with Crippen LogP contribution in [0.3, 0.4) is 0 Å². The van der Waals surface area contributed by atoms with Gasteiger partial charge in [-0.25, -0.2) is 9.18 Å². The molecule has 2 aromatic rings. The van der Waals surface area contributed by atoms with Crippen LogP contribution in [-0.2, 0) is 4.74 Å². The Bertz CT molecular complexity index is 654. The van der Waals surface area contributed by atoms with Gasteiger partial charge in [0.2, 0.25) is 5.76 Å². The van der Waals surface area contributed by atoms with Gasteiger partial charge in [0, 0.05) is 10.9 Å². The van der Waals surface area contributed by atoms with Crippen molar-refractivity contribution in [1.29, 1.82) is 5.26 Å². The Kier molecular flexibility index (Phi) is 3.02. The third-order valence-corrected chi connectivity index (χ3v) is 2.57. The van der Waals surface area contributed by atoms with Crippen LogP contribution in [0.4, 0.5) is 4.39 Å². The summed E-state index contributed by atoms with van der Waals surface area (Å²) in [5.74, 6) is -1.38. The molecule has 0 spiro atoms. The molecule has 1 aromatic carbocycles. The van der Waals surface area contributed by atoms with E-state index < -0.39 is 17.9 Å². The second-order valence-corrected chi connectivity index (χ2v) is 3.85. The summed E-state index contributed by atoms with van der Waals surface area (Å²) in [4.78, 5) is 11.7. The van der Waals surface area contributed by atoms with Crippen molar-refractivity contribution in [3.05, 3.63) is 35.3 Å². The standard InChI is InChI=1S/C13H10FNO3/c1-7(6-15)17-13(16)11-8(2)9-4-3-5-10(14)12(9)18-11/h3-5,7H,1-2H3/t7-/m0/s1. The lowest BCUT2D eigenvalue weighted by Crippen LogP contribution is -2.13. The van der Waals surface area contributed by atoms with E-state index in [4.69, 9.17) is 14.4 Å². The number of nitrogens with zero attached hydrogens (tertiary/aromatic N) is 1. The van der Waals surface area contributed by atoms with Gasteiger partial charge in [0.25, 0.3) is 0 Å². The van der Waals surface area contributed by atoms with Gasteiger partial charge < -0.3 is 9.15 Å². The number of hydrogen-bond donors (Lipinski definition) is 0. The maximum absolute atomic E-state index is 13.5. The van der Waals surface area contributed by atoms with Crippen molar-refractivity contribution < 1.29 is 18.3 Å². The van der Waals surface area contributed by atoms with Gasteiger partial charge in [0.15, 0.2) is 17.5 Å². The SMILES string of the molecule is Cc1c(C(=O)O[C@@H](C)C#N)oc2c(F)cccc12. The van der Waals surface area contributed by atoms with Crippen molar-refractivity contribution in [2.24, 2.45) is 0 Å². The topological polar surface area (TPSA) is 63.2 Å². The normalized spacial score (nSPS) is 12.1. The van der Waals surface area contributed by atoms with Gasteiger partial charge in [-0.15, -0.1) is 0 Å². The lowest BCUT2D eigenvalue weighted by molar-refractivity contribution is 0.0400. The molecule has 0 aliphatic rings. The van der Waals surface area contributed by atoms with Crippen molar-refractivity contribution in [3.63, 3.8) is 0 Å². The van der Waals surface area contributed by atoms with Crippen molar-refractivity contribution >= 4 is 16.9 Å². The number of nitriles is 1. The van der Waals surface area contributed by atoms with Crippen LogP contribution in [0.5, 0.6) is 0 Å². The molecule has 0 radical (unpaired) electrons. The van der Waals surface area contributed by atoms with Gasteiger partial charge in [-0.05, 0) is 19.9 Å². The number of hydrogen-bond acceptors (Lipinski definition) is 4. The van der Waals surface area contributed by atoms with E-state index in [-0.39, 0.29) is 11.3 Å². The number of carbonyl (C=O) groups is 1. The predicted octanol–water partition coefficient (Wildman–Crippen LogP) is 2.95. The first-order valence-corrected chi connectivity index (χ1v) is 5.32. The van der Waals surface area contributed by atoms with Crippen LogP contribution in [0.15, 0.2) is 22.6 Å². The summed E-state index contributed by atoms with van der Waals surface area (Å²) in [5.41, 5.74) is 0.520. The zero-order valence-electron chi connectivity index (χ0n) is 9.86. The van der Waals surface area contributed by atoms with Crippen LogP contribution in [0.1, 0.15) is 23.0 Å². The van der Waals surface area contributed by atoms with E-state index in [1.54, 1.807) is 19.1 Å². The molecule has 5 heteroatoms. The molecule has 92 valence electrons. The zero-order valence-corrected chi connectivity index (χ0v) is 9.86. The number of ether oxygens (including phenoxy) is 1. The highest BCUT2D eigenvalue weighted by Crippen LogP contribution is 2.27. The Labute approximate surface area is 103 Å². The van der Waals surface area contributed by atoms with Crippen LogP contribution >= 0.6 is 0 Å². The van der Waals surface area contributed by atoms with Crippen LogP contribution in [0, 0.1) is 24.1 Å². The Hall–Kier alpha value is -2.35. The van der Waals surface area contributed by atoms with Gasteiger partial charge in [-0.2, -0.15) is 5.26 Å². The highest BCUT2D eigenvalue weighted by Gasteiger charge is 2.22. The quantitative estimate of drug-likeness (QED) is 0.765. The van der Waals surface area contributed by atoms with E-state index >= 15 is 0 Å². The summed E-state index contributed by atoms with van der Waals surface area (Å²) in [6.45, 7) is 3.08. The molecule has 0 saturated carbocycles. The zero-order chi connectivity index (χ0) is 13.3. The van der Waals surface area contributed by atoms with E-state index in [0.717, 1.165) is 0 Å². The van der Waals surface area contributed by atoms with Gasteiger partial charge in [0.1, 0.15) is 6.07 Å². The first kappa shape index (κ1) is 12.1. The fourth-order valence-corrected chi connectivity index (χ4v) is 1.64. The number of esters is 1. The van der Waals surface area contributed by atoms with Crippen LogP contribution in [-0.4, -0.2) is 12.1 Å². The molecule has 0 aliphatic carbocycles. The summed E-state index contributed by atoms with van der Waals surface area (Å²) >= 11 is 0. The number of halogens is 1. The molecule has 4 nitrogen and oxygen atoms in total. The second kappa shape index (κ2) is 4.49. The predicted molar refractivity (Wildman–Crippen MR) is 61.4 cm³/mol. The maximum Gasteiger partial charge on any atom is 0.375 e. The lowest BCUT2D eigenvalue weighted by Gasteiger charge is -2.03. The van der Waals surface area contributed by atoms with Crippen molar-refractivity contribution in [2.75, 3.05) is 0 Å². The number of para-hydroxylation sites is 1. The molecule has 0 saturated heterocycles. The average Bonchev–Trinajstić information content (AvgIpc) is 2.69. The third kappa shape index (κ3) is 1.93. The molecule has 2 rings (SSSR count). The van der Waals surface area contributed by atoms with Gasteiger partial charge in [-0.3, -0.25) is 0 Å². The monoisotopic (exact) mass is 247 g/mol. The highest BCUT2D eigenvalue weighted by molar-refractivity contribution is 5.96. The number of rotatable bonds is 2. The van der Waals surface area contributed by atoms with Gasteiger partial charge >= 0.3 is 5.97 Å². The minimum atomic E-state index is -0.880. The Morgan fingerprint density at radius 3 is 2.89 bits per heavy atom. The molecule has 18 heavy (non-hydrogen) atoms. The van der Waals surface area contributed by atoms with Crippen molar-refractivity contribution in [1.82, 2.24) is 0 Å². The van der Waals surface area contributed by atoms with E-state index in [1.807, 2.05) is 0 Å². The van der Waals surface area contributed by atoms with E-state index in [2.05, 4.69) is 0 Å². The number of carbonyl (C=O) groups excluding carboxylic acids is 1. The summed E-state index contributed by atoms with van der Waals surface area (Å²) in [5, 5.41) is 9.09. The fraction of sp³-hybridized carbons (Fsp3) is 0.231. The molecule has 0 fully saturated rings. The minimum Gasteiger partial charge on any atom is -0.446 e. The molecule has 0 bridgehead atoms. The second-order valence-electron chi connectivity index (χ2n) is 3.85. The summed E-state index contributed by atoms with van der Waals surface area (Å²) in [6.07, 6.45) is -0.880. The Balaban J connectivity index is 2.47. The lowest BCUT2D eigenvalue weighted by atomic mass is 10.1. The molecule has 1 heterocycles. The van der Waals surface area contributed by atoms with Crippen molar-refractivity contribution in [2.45, 2.75) is 20.0 Å². The highest BCUT2D eigenvalue weighted by atomic mass is 19.1. The number of fused-ring (bicyclic) bond motifs is 1. The van der Waals surface area contributed by atoms with Crippen LogP contribution < -0.4 is 0 Å². The first-order chi connectivity index (χ1) is 8.54. The maximum atomic E-state index is 13.5. The molecule has 0 unspecified atom stereocenters.